The second-order valence-corrected chi connectivity index (χ2v) is 7.76. The summed E-state index contributed by atoms with van der Waals surface area (Å²) in [4.78, 5) is 27.0. The van der Waals surface area contributed by atoms with E-state index >= 15 is 0 Å². The normalized spacial score (nSPS) is 23.3. The Morgan fingerprint density at radius 2 is 1.81 bits per heavy atom. The molecule has 6 heteroatoms. The predicted molar refractivity (Wildman–Crippen MR) is 85.3 cm³/mol. The number of piperazine rings is 1. The van der Waals surface area contributed by atoms with Crippen molar-refractivity contribution in [3.63, 3.8) is 0 Å². The van der Waals surface area contributed by atoms with E-state index in [0.29, 0.717) is 30.9 Å². The molecule has 0 aliphatic carbocycles. The maximum Gasteiger partial charge on any atom is 0.249 e. The van der Waals surface area contributed by atoms with E-state index in [1.165, 1.54) is 0 Å². The molecule has 1 N–H and O–H groups in total. The van der Waals surface area contributed by atoms with Crippen LogP contribution in [0.15, 0.2) is 0 Å². The van der Waals surface area contributed by atoms with Gasteiger partial charge in [-0.05, 0) is 18.8 Å². The number of carbonyl (C=O) groups is 2. The largest absolute Gasteiger partial charge is 0.340 e. The van der Waals surface area contributed by atoms with Gasteiger partial charge in [-0.15, -0.1) is 0 Å². The maximum atomic E-state index is 12.9. The lowest BCUT2D eigenvalue weighted by molar-refractivity contribution is -0.157. The van der Waals surface area contributed by atoms with Gasteiger partial charge in [0, 0.05) is 28.9 Å². The van der Waals surface area contributed by atoms with Gasteiger partial charge in [0.1, 0.15) is 11.6 Å². The summed E-state index contributed by atoms with van der Waals surface area (Å²) in [5, 5.41) is 2.94. The van der Waals surface area contributed by atoms with E-state index in [-0.39, 0.29) is 17.7 Å². The Morgan fingerprint density at radius 3 is 2.24 bits per heavy atom. The number of nitrogens with one attached hydrogen (secondary N) is 1. The van der Waals surface area contributed by atoms with Gasteiger partial charge in [0.15, 0.2) is 0 Å². The number of carbonyl (C=O) groups excluding carboxylic acids is 2. The van der Waals surface area contributed by atoms with E-state index in [2.05, 4.69) is 5.32 Å². The summed E-state index contributed by atoms with van der Waals surface area (Å²) in [6.07, 6.45) is 1.15. The zero-order chi connectivity index (χ0) is 16.2. The molecule has 2 amide bonds. The molecule has 0 saturated carbocycles. The Hall–Kier alpha value is -0.910. The predicted octanol–water partition coefficient (Wildman–Crippen LogP) is 1.30. The Bertz CT molecular complexity index is 419. The van der Waals surface area contributed by atoms with Crippen molar-refractivity contribution in [2.24, 2.45) is 5.92 Å². The Balaban J connectivity index is 3.06. The fraction of sp³-hybridized carbons (Fsp3) is 0.867. The highest BCUT2D eigenvalue weighted by atomic mass is 32.2. The fourth-order valence-electron chi connectivity index (χ4n) is 2.88. The van der Waals surface area contributed by atoms with Crippen LogP contribution in [-0.4, -0.2) is 50.6 Å². The third-order valence-corrected chi connectivity index (χ3v) is 5.64. The van der Waals surface area contributed by atoms with Crippen molar-refractivity contribution in [1.29, 1.82) is 0 Å². The second kappa shape index (κ2) is 7.38. The molecule has 0 spiro atoms. The highest BCUT2D eigenvalue weighted by Gasteiger charge is 2.49. The topological polar surface area (TPSA) is 66.5 Å². The molecule has 1 heterocycles. The van der Waals surface area contributed by atoms with Crippen LogP contribution in [-0.2, 0) is 20.4 Å². The first-order valence-electron chi connectivity index (χ1n) is 7.81. The maximum absolute atomic E-state index is 12.9. The van der Waals surface area contributed by atoms with Crippen molar-refractivity contribution in [2.45, 2.75) is 59.0 Å². The lowest BCUT2D eigenvalue weighted by Crippen LogP contribution is -2.71. The minimum Gasteiger partial charge on any atom is -0.340 e. The van der Waals surface area contributed by atoms with Gasteiger partial charge in [-0.25, -0.2) is 0 Å². The molecule has 0 aromatic heterocycles. The van der Waals surface area contributed by atoms with Gasteiger partial charge in [0.2, 0.25) is 11.8 Å². The minimum atomic E-state index is -0.937. The average Bonchev–Trinajstić information content (AvgIpc) is 2.46. The second-order valence-electron chi connectivity index (χ2n) is 5.90. The van der Waals surface area contributed by atoms with Crippen molar-refractivity contribution in [3.8, 4) is 0 Å². The molecule has 0 aromatic rings. The Kier molecular flexibility index (Phi) is 6.38. The first-order valence-corrected chi connectivity index (χ1v) is 9.29. The third-order valence-electron chi connectivity index (χ3n) is 4.36. The summed E-state index contributed by atoms with van der Waals surface area (Å²) in [5.74, 6) is 0.931. The minimum absolute atomic E-state index is 0.0288. The zero-order valence-electron chi connectivity index (χ0n) is 13.8. The average molecular weight is 316 g/mol. The summed E-state index contributed by atoms with van der Waals surface area (Å²) in [7, 11) is -0.937. The molecule has 1 fully saturated rings. The summed E-state index contributed by atoms with van der Waals surface area (Å²) in [6.45, 7) is 9.96. The van der Waals surface area contributed by atoms with Gasteiger partial charge in [0.05, 0.1) is 0 Å². The molecule has 2 unspecified atom stereocenters. The van der Waals surface area contributed by atoms with E-state index in [1.54, 1.807) is 4.90 Å². The number of hydrogen-bond acceptors (Lipinski definition) is 3. The molecule has 5 nitrogen and oxygen atoms in total. The Morgan fingerprint density at radius 1 is 1.24 bits per heavy atom. The van der Waals surface area contributed by atoms with Crippen molar-refractivity contribution >= 4 is 22.6 Å². The van der Waals surface area contributed by atoms with E-state index in [9.17, 15) is 13.8 Å². The van der Waals surface area contributed by atoms with Gasteiger partial charge in [0.25, 0.3) is 0 Å². The van der Waals surface area contributed by atoms with Gasteiger partial charge in [-0.3, -0.25) is 13.8 Å². The molecule has 2 atom stereocenters. The fourth-order valence-corrected chi connectivity index (χ4v) is 3.57. The molecule has 1 saturated heterocycles. The smallest absolute Gasteiger partial charge is 0.249 e. The zero-order valence-corrected chi connectivity index (χ0v) is 14.6. The molecule has 1 aliphatic rings. The van der Waals surface area contributed by atoms with Crippen LogP contribution in [0.3, 0.4) is 0 Å². The monoisotopic (exact) mass is 316 g/mol. The van der Waals surface area contributed by atoms with Crippen LogP contribution in [0.4, 0.5) is 0 Å². The molecule has 21 heavy (non-hydrogen) atoms. The van der Waals surface area contributed by atoms with Gasteiger partial charge < -0.3 is 10.2 Å². The molecule has 122 valence electrons. The lowest BCUT2D eigenvalue weighted by atomic mass is 9.85. The van der Waals surface area contributed by atoms with Crippen molar-refractivity contribution in [3.05, 3.63) is 0 Å². The van der Waals surface area contributed by atoms with Gasteiger partial charge in [-0.2, -0.15) is 0 Å². The molecule has 0 bridgehead atoms. The SMILES string of the molecule is CCS(=O)CCN1C(=O)C(CC)(CC)NC(=O)C1C(C)C. The van der Waals surface area contributed by atoms with Crippen LogP contribution in [0, 0.1) is 5.92 Å². The van der Waals surface area contributed by atoms with Crippen LogP contribution < -0.4 is 5.32 Å². The molecule has 1 aliphatic heterocycles. The van der Waals surface area contributed by atoms with Crippen LogP contribution in [0.25, 0.3) is 0 Å². The van der Waals surface area contributed by atoms with Crippen molar-refractivity contribution in [2.75, 3.05) is 18.1 Å². The molecule has 0 radical (unpaired) electrons. The first kappa shape index (κ1) is 18.1. The van der Waals surface area contributed by atoms with Crippen LogP contribution >= 0.6 is 0 Å². The number of hydrogen-bond donors (Lipinski definition) is 1. The number of nitrogens with zero attached hydrogens (tertiary/aromatic N) is 1. The van der Waals surface area contributed by atoms with Crippen LogP contribution in [0.1, 0.15) is 47.5 Å². The van der Waals surface area contributed by atoms with Crippen molar-refractivity contribution in [1.82, 2.24) is 10.2 Å². The highest BCUT2D eigenvalue weighted by Crippen LogP contribution is 2.27. The van der Waals surface area contributed by atoms with Gasteiger partial charge >= 0.3 is 0 Å². The third kappa shape index (κ3) is 3.65. The van der Waals surface area contributed by atoms with Gasteiger partial charge in [-0.1, -0.05) is 34.6 Å². The number of rotatable bonds is 7. The molecule has 0 aromatic carbocycles. The summed E-state index contributed by atoms with van der Waals surface area (Å²) >= 11 is 0. The summed E-state index contributed by atoms with van der Waals surface area (Å²) < 4.78 is 11.7. The van der Waals surface area contributed by atoms with E-state index < -0.39 is 22.4 Å². The highest BCUT2D eigenvalue weighted by molar-refractivity contribution is 7.84. The van der Waals surface area contributed by atoms with Crippen LogP contribution in [0.5, 0.6) is 0 Å². The first-order chi connectivity index (χ1) is 9.82. The van der Waals surface area contributed by atoms with Crippen molar-refractivity contribution < 1.29 is 13.8 Å². The summed E-state index contributed by atoms with van der Waals surface area (Å²) in [6, 6.07) is -0.461. The summed E-state index contributed by atoms with van der Waals surface area (Å²) in [5.41, 5.74) is -0.795. The van der Waals surface area contributed by atoms with E-state index in [1.807, 2.05) is 34.6 Å². The molecular weight excluding hydrogens is 288 g/mol. The van der Waals surface area contributed by atoms with Crippen LogP contribution in [0.2, 0.25) is 0 Å². The lowest BCUT2D eigenvalue weighted by Gasteiger charge is -2.46. The Labute approximate surface area is 130 Å². The molecular formula is C15H28N2O3S. The van der Waals surface area contributed by atoms with E-state index in [4.69, 9.17) is 0 Å². The quantitative estimate of drug-likeness (QED) is 0.770. The number of amides is 2. The van der Waals surface area contributed by atoms with E-state index in [0.717, 1.165) is 0 Å². The standard InChI is InChI=1S/C15H28N2O3S/c1-6-15(7-2)14(19)17(9-10-21(20)8-3)12(11(4)5)13(18)16-15/h11-12H,6-10H2,1-5H3,(H,16,18). The molecule has 1 rings (SSSR count).